The zero-order chi connectivity index (χ0) is 18.6. The number of rotatable bonds is 3. The second kappa shape index (κ2) is 5.71. The van der Waals surface area contributed by atoms with Gasteiger partial charge in [0.05, 0.1) is 17.8 Å². The molecule has 0 saturated heterocycles. The van der Waals surface area contributed by atoms with E-state index in [9.17, 15) is 22.7 Å². The molecule has 0 aromatic heterocycles. The van der Waals surface area contributed by atoms with Crippen molar-refractivity contribution in [2.24, 2.45) is 0 Å². The maximum absolute atomic E-state index is 14.1. The molecular weight excluding hydrogens is 369 g/mol. The van der Waals surface area contributed by atoms with Gasteiger partial charge in [-0.05, 0) is 43.7 Å². The first-order valence-corrected chi connectivity index (χ1v) is 9.22. The molecule has 0 unspecified atom stereocenters. The van der Waals surface area contributed by atoms with Crippen molar-refractivity contribution >= 4 is 33.3 Å². The lowest BCUT2D eigenvalue weighted by molar-refractivity contribution is 0.0697. The van der Waals surface area contributed by atoms with E-state index in [1.165, 1.54) is 50.2 Å². The number of sulfonamides is 1. The number of carbonyl (C=O) groups is 1. The number of carboxylic acid groups (broad SMARTS) is 1. The molecule has 132 valence electrons. The lowest BCUT2D eigenvalue weighted by Crippen LogP contribution is -2.35. The summed E-state index contributed by atoms with van der Waals surface area (Å²) < 4.78 is 39.9. The van der Waals surface area contributed by atoms with Crippen LogP contribution in [0, 0.1) is 5.82 Å². The molecule has 5 nitrogen and oxygen atoms in total. The van der Waals surface area contributed by atoms with Crippen LogP contribution in [-0.2, 0) is 21.3 Å². The third kappa shape index (κ3) is 2.58. The molecular formula is C17H15ClFNO4S. The highest BCUT2D eigenvalue weighted by Gasteiger charge is 2.50. The van der Waals surface area contributed by atoms with Crippen LogP contribution in [0.5, 0.6) is 0 Å². The van der Waals surface area contributed by atoms with Crippen LogP contribution in [-0.4, -0.2) is 19.5 Å². The Labute approximate surface area is 149 Å². The minimum absolute atomic E-state index is 0.0390. The molecule has 2 aromatic rings. The third-order valence-corrected chi connectivity index (χ3v) is 7.23. The van der Waals surface area contributed by atoms with E-state index in [0.717, 1.165) is 4.31 Å². The number of fused-ring (bicyclic) bond motifs is 1. The van der Waals surface area contributed by atoms with Gasteiger partial charge in [0.2, 0.25) is 10.0 Å². The number of anilines is 1. The topological polar surface area (TPSA) is 74.7 Å². The number of carboxylic acids is 1. The van der Waals surface area contributed by atoms with Crippen molar-refractivity contribution in [3.8, 4) is 0 Å². The van der Waals surface area contributed by atoms with Gasteiger partial charge in [-0.3, -0.25) is 4.31 Å². The Morgan fingerprint density at radius 1 is 1.28 bits per heavy atom. The number of nitrogens with zero attached hydrogens (tertiary/aromatic N) is 1. The van der Waals surface area contributed by atoms with Gasteiger partial charge in [0, 0.05) is 10.6 Å². The highest BCUT2D eigenvalue weighted by molar-refractivity contribution is 7.94. The molecule has 0 amide bonds. The van der Waals surface area contributed by atoms with Crippen LogP contribution in [0.25, 0.3) is 0 Å². The van der Waals surface area contributed by atoms with Gasteiger partial charge in [0.15, 0.2) is 0 Å². The van der Waals surface area contributed by atoms with Gasteiger partial charge < -0.3 is 5.11 Å². The molecule has 0 saturated carbocycles. The number of halogens is 2. The quantitative estimate of drug-likeness (QED) is 0.875. The average molecular weight is 384 g/mol. The molecule has 0 bridgehead atoms. The Hall–Kier alpha value is -2.12. The van der Waals surface area contributed by atoms with Gasteiger partial charge in [0.1, 0.15) is 10.6 Å². The second-order valence-electron chi connectivity index (χ2n) is 6.26. The van der Waals surface area contributed by atoms with Crippen LogP contribution >= 0.6 is 11.6 Å². The molecule has 0 spiro atoms. The molecule has 0 fully saturated rings. The normalized spacial score (nSPS) is 17.4. The van der Waals surface area contributed by atoms with E-state index in [-0.39, 0.29) is 28.4 Å². The first-order valence-electron chi connectivity index (χ1n) is 7.40. The summed E-state index contributed by atoms with van der Waals surface area (Å²) in [5.74, 6) is -1.79. The Kier molecular flexibility index (Phi) is 4.04. The van der Waals surface area contributed by atoms with Crippen molar-refractivity contribution in [2.75, 3.05) is 4.31 Å². The second-order valence-corrected chi connectivity index (χ2v) is 9.08. The van der Waals surface area contributed by atoms with Gasteiger partial charge in [0.25, 0.3) is 0 Å². The summed E-state index contributed by atoms with van der Waals surface area (Å²) in [6, 6.07) is 8.24. The summed E-state index contributed by atoms with van der Waals surface area (Å²) in [6.07, 6.45) is 0. The molecule has 1 aliphatic heterocycles. The molecule has 1 N–H and O–H groups in total. The Bertz CT molecular complexity index is 968. The van der Waals surface area contributed by atoms with Crippen molar-refractivity contribution < 1.29 is 22.7 Å². The highest BCUT2D eigenvalue weighted by Crippen LogP contribution is 2.48. The first-order chi connectivity index (χ1) is 11.6. The summed E-state index contributed by atoms with van der Waals surface area (Å²) in [4.78, 5) is 11.2. The standard InChI is InChI=1S/C17H15ClFNO4S/c1-17(2)12-7-6-10(16(21)22)8-15(12)20(25(17,23)24)9-11-13(18)4-3-5-14(11)19/h3-8H,9H2,1-2H3,(H,21,22). The van der Waals surface area contributed by atoms with Gasteiger partial charge in [-0.2, -0.15) is 0 Å². The van der Waals surface area contributed by atoms with Crippen LogP contribution in [0.15, 0.2) is 36.4 Å². The average Bonchev–Trinajstić information content (AvgIpc) is 2.67. The predicted octanol–water partition coefficient (Wildman–Crippen LogP) is 3.76. The van der Waals surface area contributed by atoms with Crippen LogP contribution < -0.4 is 4.31 Å². The number of aromatic carboxylic acids is 1. The van der Waals surface area contributed by atoms with E-state index in [2.05, 4.69) is 0 Å². The van der Waals surface area contributed by atoms with E-state index in [0.29, 0.717) is 5.56 Å². The fourth-order valence-corrected chi connectivity index (χ4v) is 4.85. The Morgan fingerprint density at radius 2 is 1.96 bits per heavy atom. The first kappa shape index (κ1) is 17.7. The summed E-state index contributed by atoms with van der Waals surface area (Å²) in [7, 11) is -3.88. The molecule has 1 aliphatic rings. The fraction of sp³-hybridized carbons (Fsp3) is 0.235. The maximum Gasteiger partial charge on any atom is 0.335 e. The SMILES string of the molecule is CC1(C)c2ccc(C(=O)O)cc2N(Cc2c(F)cccc2Cl)S1(=O)=O. The third-order valence-electron chi connectivity index (χ3n) is 4.46. The lowest BCUT2D eigenvalue weighted by atomic mass is 9.98. The molecule has 1 heterocycles. The van der Waals surface area contributed by atoms with Gasteiger partial charge in [-0.15, -0.1) is 0 Å². The number of benzene rings is 2. The zero-order valence-electron chi connectivity index (χ0n) is 13.5. The van der Waals surface area contributed by atoms with Crippen molar-refractivity contribution in [3.63, 3.8) is 0 Å². The molecule has 8 heteroatoms. The Balaban J connectivity index is 2.20. The zero-order valence-corrected chi connectivity index (χ0v) is 15.0. The largest absolute Gasteiger partial charge is 0.478 e. The number of hydrogen-bond donors (Lipinski definition) is 1. The van der Waals surface area contributed by atoms with E-state index >= 15 is 0 Å². The Morgan fingerprint density at radius 3 is 2.56 bits per heavy atom. The summed E-state index contributed by atoms with van der Waals surface area (Å²) in [5, 5.41) is 9.30. The minimum Gasteiger partial charge on any atom is -0.478 e. The van der Waals surface area contributed by atoms with Crippen molar-refractivity contribution in [3.05, 3.63) is 63.9 Å². The van der Waals surface area contributed by atoms with Gasteiger partial charge in [-0.25, -0.2) is 17.6 Å². The maximum atomic E-state index is 14.1. The summed E-state index contributed by atoms with van der Waals surface area (Å²) in [5.41, 5.74) is 0.683. The van der Waals surface area contributed by atoms with E-state index < -0.39 is 26.6 Å². The summed E-state index contributed by atoms with van der Waals surface area (Å²) >= 11 is 6.03. The van der Waals surface area contributed by atoms with Crippen molar-refractivity contribution in [2.45, 2.75) is 25.1 Å². The van der Waals surface area contributed by atoms with Crippen LogP contribution in [0.2, 0.25) is 5.02 Å². The predicted molar refractivity (Wildman–Crippen MR) is 92.9 cm³/mol. The monoisotopic (exact) mass is 383 g/mol. The molecule has 2 aromatic carbocycles. The van der Waals surface area contributed by atoms with E-state index in [4.69, 9.17) is 11.6 Å². The fourth-order valence-electron chi connectivity index (χ4n) is 2.92. The minimum atomic E-state index is -3.88. The number of hydrogen-bond acceptors (Lipinski definition) is 3. The van der Waals surface area contributed by atoms with E-state index in [1.807, 2.05) is 0 Å². The van der Waals surface area contributed by atoms with Gasteiger partial charge in [-0.1, -0.05) is 23.7 Å². The van der Waals surface area contributed by atoms with Crippen molar-refractivity contribution in [1.29, 1.82) is 0 Å². The van der Waals surface area contributed by atoms with Crippen LogP contribution in [0.1, 0.15) is 35.3 Å². The van der Waals surface area contributed by atoms with Gasteiger partial charge >= 0.3 is 5.97 Å². The lowest BCUT2D eigenvalue weighted by Gasteiger charge is -2.23. The van der Waals surface area contributed by atoms with Crippen LogP contribution in [0.4, 0.5) is 10.1 Å². The van der Waals surface area contributed by atoms with Crippen LogP contribution in [0.3, 0.4) is 0 Å². The molecule has 3 rings (SSSR count). The highest BCUT2D eigenvalue weighted by atomic mass is 35.5. The van der Waals surface area contributed by atoms with Crippen molar-refractivity contribution in [1.82, 2.24) is 0 Å². The smallest absolute Gasteiger partial charge is 0.335 e. The molecule has 0 aliphatic carbocycles. The molecule has 0 atom stereocenters. The summed E-state index contributed by atoms with van der Waals surface area (Å²) in [6.45, 7) is 2.75. The van der Waals surface area contributed by atoms with E-state index in [1.54, 1.807) is 0 Å². The molecule has 0 radical (unpaired) electrons. The molecule has 25 heavy (non-hydrogen) atoms.